The number of piperidine rings is 1. The molecule has 0 bridgehead atoms. The molecule has 0 atom stereocenters. The predicted molar refractivity (Wildman–Crippen MR) is 114 cm³/mol. The number of benzene rings is 1. The standard InChI is InChI=1S/C19H28FN3O3.HI/c1-3-21-19(22-10-13-26-17-7-5-6-16(20)14-17)23-11-8-15(9-12-23)18(24)25-4-2;/h5-7,14-15H,3-4,8-13H2,1-2H3,(H,21,22);1H. The predicted octanol–water partition coefficient (Wildman–Crippen LogP) is 3.06. The summed E-state index contributed by atoms with van der Waals surface area (Å²) in [5.41, 5.74) is 0. The first-order chi connectivity index (χ1) is 12.6. The number of aliphatic imine (C=N–C) groups is 1. The first-order valence-corrected chi connectivity index (χ1v) is 9.22. The van der Waals surface area contributed by atoms with Crippen LogP contribution in [0.3, 0.4) is 0 Å². The lowest BCUT2D eigenvalue weighted by atomic mass is 9.97. The van der Waals surface area contributed by atoms with E-state index in [4.69, 9.17) is 9.47 Å². The monoisotopic (exact) mass is 493 g/mol. The highest BCUT2D eigenvalue weighted by Gasteiger charge is 2.27. The summed E-state index contributed by atoms with van der Waals surface area (Å²) in [6.45, 7) is 7.41. The molecule has 0 unspecified atom stereocenters. The van der Waals surface area contributed by atoms with Crippen molar-refractivity contribution in [3.8, 4) is 5.75 Å². The Kier molecular flexibility index (Phi) is 11.1. The van der Waals surface area contributed by atoms with Crippen molar-refractivity contribution in [1.82, 2.24) is 10.2 Å². The molecule has 1 N–H and O–H groups in total. The average molecular weight is 493 g/mol. The van der Waals surface area contributed by atoms with Crippen molar-refractivity contribution < 1.29 is 18.7 Å². The summed E-state index contributed by atoms with van der Waals surface area (Å²) in [4.78, 5) is 18.6. The Morgan fingerprint density at radius 3 is 2.70 bits per heavy atom. The number of halogens is 2. The van der Waals surface area contributed by atoms with E-state index in [9.17, 15) is 9.18 Å². The highest BCUT2D eigenvalue weighted by Crippen LogP contribution is 2.18. The van der Waals surface area contributed by atoms with Crippen LogP contribution in [0.1, 0.15) is 26.7 Å². The molecule has 0 aromatic heterocycles. The summed E-state index contributed by atoms with van der Waals surface area (Å²) in [5, 5.41) is 3.27. The first-order valence-electron chi connectivity index (χ1n) is 9.22. The molecule has 1 aliphatic rings. The SMILES string of the molecule is CCNC(=NCCOc1cccc(F)c1)N1CCC(C(=O)OCC)CC1.I. The Hall–Kier alpha value is -1.58. The van der Waals surface area contributed by atoms with Gasteiger partial charge in [-0.2, -0.15) is 0 Å². The quantitative estimate of drug-likeness (QED) is 0.208. The molecular weight excluding hydrogens is 464 g/mol. The van der Waals surface area contributed by atoms with Crippen molar-refractivity contribution in [1.29, 1.82) is 0 Å². The number of nitrogens with zero attached hydrogens (tertiary/aromatic N) is 2. The normalized spacial score (nSPS) is 15.1. The van der Waals surface area contributed by atoms with Gasteiger partial charge in [0.2, 0.25) is 0 Å². The second-order valence-corrected chi connectivity index (χ2v) is 6.05. The van der Waals surface area contributed by atoms with Crippen LogP contribution in [0.5, 0.6) is 5.75 Å². The van der Waals surface area contributed by atoms with Gasteiger partial charge in [0.05, 0.1) is 19.1 Å². The second-order valence-electron chi connectivity index (χ2n) is 6.05. The van der Waals surface area contributed by atoms with Crippen LogP contribution >= 0.6 is 24.0 Å². The maximum atomic E-state index is 13.1. The van der Waals surface area contributed by atoms with Crippen LogP contribution in [0.2, 0.25) is 0 Å². The Morgan fingerprint density at radius 1 is 1.33 bits per heavy atom. The lowest BCUT2D eigenvalue weighted by Crippen LogP contribution is -2.46. The van der Waals surface area contributed by atoms with Crippen LogP contribution in [0, 0.1) is 11.7 Å². The zero-order valence-electron chi connectivity index (χ0n) is 15.9. The van der Waals surface area contributed by atoms with Gasteiger partial charge in [0.15, 0.2) is 5.96 Å². The Morgan fingerprint density at radius 2 is 2.07 bits per heavy atom. The number of hydrogen-bond donors (Lipinski definition) is 1. The van der Waals surface area contributed by atoms with Crippen molar-refractivity contribution >= 4 is 35.9 Å². The highest BCUT2D eigenvalue weighted by molar-refractivity contribution is 14.0. The topological polar surface area (TPSA) is 63.2 Å². The molecule has 0 amide bonds. The summed E-state index contributed by atoms with van der Waals surface area (Å²) in [6.07, 6.45) is 1.53. The fourth-order valence-electron chi connectivity index (χ4n) is 2.88. The Labute approximate surface area is 177 Å². The Bertz CT molecular complexity index is 608. The van der Waals surface area contributed by atoms with E-state index in [0.717, 1.165) is 38.4 Å². The van der Waals surface area contributed by atoms with Crippen LogP contribution in [-0.4, -0.2) is 56.2 Å². The molecule has 1 aliphatic heterocycles. The van der Waals surface area contributed by atoms with Gasteiger partial charge in [-0.05, 0) is 38.8 Å². The maximum Gasteiger partial charge on any atom is 0.309 e. The number of nitrogens with one attached hydrogen (secondary N) is 1. The fourth-order valence-corrected chi connectivity index (χ4v) is 2.88. The number of carbonyl (C=O) groups excluding carboxylic acids is 1. The fraction of sp³-hybridized carbons (Fsp3) is 0.579. The van der Waals surface area contributed by atoms with Crippen molar-refractivity contribution in [2.24, 2.45) is 10.9 Å². The summed E-state index contributed by atoms with van der Waals surface area (Å²) >= 11 is 0. The van der Waals surface area contributed by atoms with Crippen molar-refractivity contribution in [3.63, 3.8) is 0 Å². The van der Waals surface area contributed by atoms with Crippen molar-refractivity contribution in [2.75, 3.05) is 39.4 Å². The molecule has 27 heavy (non-hydrogen) atoms. The van der Waals surface area contributed by atoms with E-state index >= 15 is 0 Å². The minimum absolute atomic E-state index is 0. The number of likely N-dealkylation sites (tertiary alicyclic amines) is 1. The lowest BCUT2D eigenvalue weighted by Gasteiger charge is -2.33. The second kappa shape index (κ2) is 12.7. The largest absolute Gasteiger partial charge is 0.492 e. The van der Waals surface area contributed by atoms with Crippen LogP contribution in [0.4, 0.5) is 4.39 Å². The molecule has 1 aromatic carbocycles. The van der Waals surface area contributed by atoms with E-state index in [1.807, 2.05) is 13.8 Å². The minimum Gasteiger partial charge on any atom is -0.492 e. The third-order valence-corrected chi connectivity index (χ3v) is 4.17. The lowest BCUT2D eigenvalue weighted by molar-refractivity contribution is -0.149. The summed E-state index contributed by atoms with van der Waals surface area (Å²) < 4.78 is 23.8. The van der Waals surface area contributed by atoms with Crippen LogP contribution < -0.4 is 10.1 Å². The Balaban J connectivity index is 0.00000364. The van der Waals surface area contributed by atoms with Crippen LogP contribution in [-0.2, 0) is 9.53 Å². The molecule has 1 fully saturated rings. The summed E-state index contributed by atoms with van der Waals surface area (Å²) in [5.74, 6) is 0.880. The van der Waals surface area contributed by atoms with Gasteiger partial charge in [0.25, 0.3) is 0 Å². The van der Waals surface area contributed by atoms with E-state index < -0.39 is 0 Å². The van der Waals surface area contributed by atoms with Gasteiger partial charge >= 0.3 is 5.97 Å². The van der Waals surface area contributed by atoms with Gasteiger partial charge in [-0.25, -0.2) is 9.38 Å². The molecular formula is C19H29FIN3O3. The van der Waals surface area contributed by atoms with Gasteiger partial charge < -0.3 is 19.7 Å². The summed E-state index contributed by atoms with van der Waals surface area (Å²) in [7, 11) is 0. The molecule has 1 saturated heterocycles. The molecule has 0 saturated carbocycles. The number of guanidine groups is 1. The third-order valence-electron chi connectivity index (χ3n) is 4.17. The molecule has 6 nitrogen and oxygen atoms in total. The average Bonchev–Trinajstić information content (AvgIpc) is 2.65. The first kappa shape index (κ1) is 23.5. The van der Waals surface area contributed by atoms with Gasteiger partial charge in [-0.1, -0.05) is 6.07 Å². The highest BCUT2D eigenvalue weighted by atomic mass is 127. The van der Waals surface area contributed by atoms with Crippen LogP contribution in [0.15, 0.2) is 29.3 Å². The zero-order chi connectivity index (χ0) is 18.8. The smallest absolute Gasteiger partial charge is 0.309 e. The molecule has 1 heterocycles. The number of rotatable bonds is 7. The molecule has 0 spiro atoms. The van der Waals surface area contributed by atoms with Crippen LogP contribution in [0.25, 0.3) is 0 Å². The number of hydrogen-bond acceptors (Lipinski definition) is 4. The molecule has 8 heteroatoms. The van der Waals surface area contributed by atoms with Gasteiger partial charge in [-0.3, -0.25) is 4.79 Å². The van der Waals surface area contributed by atoms with E-state index in [2.05, 4.69) is 15.2 Å². The minimum atomic E-state index is -0.316. The molecule has 0 radical (unpaired) electrons. The number of ether oxygens (including phenoxy) is 2. The third kappa shape index (κ3) is 7.90. The van der Waals surface area contributed by atoms with E-state index in [1.54, 1.807) is 12.1 Å². The maximum absolute atomic E-state index is 13.1. The molecule has 152 valence electrons. The molecule has 1 aromatic rings. The van der Waals surface area contributed by atoms with E-state index in [-0.39, 0.29) is 41.7 Å². The van der Waals surface area contributed by atoms with Gasteiger partial charge in [-0.15, -0.1) is 24.0 Å². The summed E-state index contributed by atoms with van der Waals surface area (Å²) in [6, 6.07) is 6.08. The van der Waals surface area contributed by atoms with E-state index in [0.29, 0.717) is 25.5 Å². The number of esters is 1. The van der Waals surface area contributed by atoms with Crippen molar-refractivity contribution in [2.45, 2.75) is 26.7 Å². The number of carbonyl (C=O) groups is 1. The van der Waals surface area contributed by atoms with Gasteiger partial charge in [0.1, 0.15) is 18.2 Å². The van der Waals surface area contributed by atoms with E-state index in [1.165, 1.54) is 12.1 Å². The zero-order valence-corrected chi connectivity index (χ0v) is 18.3. The van der Waals surface area contributed by atoms with Gasteiger partial charge in [0, 0.05) is 25.7 Å². The molecule has 2 rings (SSSR count). The van der Waals surface area contributed by atoms with Crippen molar-refractivity contribution in [3.05, 3.63) is 30.1 Å². The molecule has 0 aliphatic carbocycles.